The molecule has 1 aromatic carbocycles. The van der Waals surface area contributed by atoms with Crippen LogP contribution in [-0.2, 0) is 0 Å². The van der Waals surface area contributed by atoms with E-state index in [1.165, 1.54) is 35.6 Å². The van der Waals surface area contributed by atoms with Gasteiger partial charge in [-0.25, -0.2) is 0 Å². The van der Waals surface area contributed by atoms with Gasteiger partial charge in [-0.2, -0.15) is 0 Å². The highest BCUT2D eigenvalue weighted by molar-refractivity contribution is 5.85. The zero-order chi connectivity index (χ0) is 13.9. The summed E-state index contributed by atoms with van der Waals surface area (Å²) in [6, 6.07) is 9.23. The van der Waals surface area contributed by atoms with Crippen molar-refractivity contribution in [3.8, 4) is 0 Å². The van der Waals surface area contributed by atoms with Crippen molar-refractivity contribution in [3.63, 3.8) is 0 Å². The van der Waals surface area contributed by atoms with Crippen LogP contribution in [0, 0.1) is 11.8 Å². The first kappa shape index (κ1) is 13.6. The maximum atomic E-state index is 4.25. The molecule has 2 atom stereocenters. The first-order valence-corrected chi connectivity index (χ1v) is 7.87. The summed E-state index contributed by atoms with van der Waals surface area (Å²) in [5, 5.41) is 6.38. The molecule has 1 aromatic heterocycles. The predicted octanol–water partition coefficient (Wildman–Crippen LogP) is 4.32. The molecule has 2 aromatic rings. The molecule has 2 heteroatoms. The molecule has 1 fully saturated rings. The molecule has 0 bridgehead atoms. The normalized spacial score (nSPS) is 18.1. The summed E-state index contributed by atoms with van der Waals surface area (Å²) in [6.07, 6.45) is 7.86. The maximum Gasteiger partial charge on any atom is 0.0354 e. The molecule has 2 unspecified atom stereocenters. The number of rotatable bonds is 6. The molecule has 0 aliphatic heterocycles. The van der Waals surface area contributed by atoms with Gasteiger partial charge in [0.1, 0.15) is 0 Å². The Balaban J connectivity index is 1.98. The van der Waals surface area contributed by atoms with E-state index in [1.54, 1.807) is 0 Å². The molecular formula is C18H24N2. The van der Waals surface area contributed by atoms with Gasteiger partial charge in [0.15, 0.2) is 0 Å². The smallest absolute Gasteiger partial charge is 0.0354 e. The van der Waals surface area contributed by atoms with Crippen molar-refractivity contribution in [2.24, 2.45) is 11.8 Å². The van der Waals surface area contributed by atoms with Crippen LogP contribution < -0.4 is 5.32 Å². The van der Waals surface area contributed by atoms with Crippen LogP contribution in [0.15, 0.2) is 36.7 Å². The summed E-state index contributed by atoms with van der Waals surface area (Å²) >= 11 is 0. The maximum absolute atomic E-state index is 4.25. The average molecular weight is 268 g/mol. The molecule has 20 heavy (non-hydrogen) atoms. The van der Waals surface area contributed by atoms with Crippen LogP contribution in [0.25, 0.3) is 10.8 Å². The van der Waals surface area contributed by atoms with Gasteiger partial charge in [0.25, 0.3) is 0 Å². The number of pyridine rings is 1. The second-order valence-corrected chi connectivity index (χ2v) is 6.07. The molecule has 1 heterocycles. The number of fused-ring (bicyclic) bond motifs is 1. The summed E-state index contributed by atoms with van der Waals surface area (Å²) < 4.78 is 0. The third-order valence-electron chi connectivity index (χ3n) is 4.56. The van der Waals surface area contributed by atoms with Crippen molar-refractivity contribution < 1.29 is 0 Å². The van der Waals surface area contributed by atoms with Crippen LogP contribution in [0.1, 0.15) is 44.7 Å². The SMILES string of the molecule is CCCNC(c1cccc2cnccc12)C(C)C1CC1. The van der Waals surface area contributed by atoms with E-state index in [0.29, 0.717) is 12.0 Å². The minimum atomic E-state index is 0.466. The van der Waals surface area contributed by atoms with Crippen molar-refractivity contribution in [1.29, 1.82) is 0 Å². The Bertz CT molecular complexity index is 569. The van der Waals surface area contributed by atoms with E-state index in [4.69, 9.17) is 0 Å². The second kappa shape index (κ2) is 5.92. The molecule has 0 spiro atoms. The predicted molar refractivity (Wildman–Crippen MR) is 84.7 cm³/mol. The molecule has 3 rings (SSSR count). The third kappa shape index (κ3) is 2.71. The van der Waals surface area contributed by atoms with Gasteiger partial charge in [-0.3, -0.25) is 4.98 Å². The van der Waals surface area contributed by atoms with E-state index in [0.717, 1.165) is 12.5 Å². The Hall–Kier alpha value is -1.41. The number of nitrogens with one attached hydrogen (secondary N) is 1. The molecule has 1 aliphatic rings. The third-order valence-corrected chi connectivity index (χ3v) is 4.56. The minimum Gasteiger partial charge on any atom is -0.310 e. The van der Waals surface area contributed by atoms with Crippen molar-refractivity contribution in [1.82, 2.24) is 10.3 Å². The molecule has 0 radical (unpaired) electrons. The van der Waals surface area contributed by atoms with Crippen LogP contribution in [-0.4, -0.2) is 11.5 Å². The van der Waals surface area contributed by atoms with Gasteiger partial charge in [-0.1, -0.05) is 32.0 Å². The van der Waals surface area contributed by atoms with E-state index < -0.39 is 0 Å². The first-order valence-electron chi connectivity index (χ1n) is 7.87. The Morgan fingerprint density at radius 3 is 2.90 bits per heavy atom. The topological polar surface area (TPSA) is 24.9 Å². The lowest BCUT2D eigenvalue weighted by molar-refractivity contribution is 0.351. The largest absolute Gasteiger partial charge is 0.310 e. The molecular weight excluding hydrogens is 244 g/mol. The summed E-state index contributed by atoms with van der Waals surface area (Å²) in [7, 11) is 0. The van der Waals surface area contributed by atoms with E-state index in [9.17, 15) is 0 Å². The summed E-state index contributed by atoms with van der Waals surface area (Å²) in [4.78, 5) is 4.25. The van der Waals surface area contributed by atoms with Crippen LogP contribution >= 0.6 is 0 Å². The fourth-order valence-electron chi connectivity index (χ4n) is 3.19. The summed E-state index contributed by atoms with van der Waals surface area (Å²) in [6.45, 7) is 5.73. The number of hydrogen-bond acceptors (Lipinski definition) is 2. The van der Waals surface area contributed by atoms with Crippen molar-refractivity contribution in [2.45, 2.75) is 39.2 Å². The van der Waals surface area contributed by atoms with Crippen molar-refractivity contribution in [2.75, 3.05) is 6.54 Å². The van der Waals surface area contributed by atoms with Gasteiger partial charge >= 0.3 is 0 Å². The molecule has 106 valence electrons. The lowest BCUT2D eigenvalue weighted by Gasteiger charge is -2.27. The second-order valence-electron chi connectivity index (χ2n) is 6.07. The highest BCUT2D eigenvalue weighted by Crippen LogP contribution is 2.43. The van der Waals surface area contributed by atoms with E-state index in [1.807, 2.05) is 12.4 Å². The molecule has 0 saturated heterocycles. The molecule has 1 aliphatic carbocycles. The van der Waals surface area contributed by atoms with Crippen LogP contribution in [0.3, 0.4) is 0 Å². The number of benzene rings is 1. The highest BCUT2D eigenvalue weighted by Gasteiger charge is 2.34. The van der Waals surface area contributed by atoms with Gasteiger partial charge < -0.3 is 5.32 Å². The van der Waals surface area contributed by atoms with Gasteiger partial charge in [0.2, 0.25) is 0 Å². The minimum absolute atomic E-state index is 0.466. The Morgan fingerprint density at radius 1 is 1.30 bits per heavy atom. The number of aromatic nitrogens is 1. The lowest BCUT2D eigenvalue weighted by Crippen LogP contribution is -2.29. The van der Waals surface area contributed by atoms with E-state index in [-0.39, 0.29) is 0 Å². The molecule has 2 nitrogen and oxygen atoms in total. The van der Waals surface area contributed by atoms with Gasteiger partial charge in [0, 0.05) is 23.8 Å². The monoisotopic (exact) mass is 268 g/mol. The Labute approximate surface area is 121 Å². The standard InChI is InChI=1S/C18H24N2/c1-3-10-20-18(13(2)14-7-8-14)17-6-4-5-15-12-19-11-9-16(15)17/h4-6,9,11-14,18,20H,3,7-8,10H2,1-2H3. The van der Waals surface area contributed by atoms with Crippen molar-refractivity contribution >= 4 is 10.8 Å². The van der Waals surface area contributed by atoms with Crippen LogP contribution in [0.5, 0.6) is 0 Å². The highest BCUT2D eigenvalue weighted by atomic mass is 14.9. The first-order chi connectivity index (χ1) is 9.81. The molecule has 1 saturated carbocycles. The van der Waals surface area contributed by atoms with Crippen LogP contribution in [0.4, 0.5) is 0 Å². The zero-order valence-corrected chi connectivity index (χ0v) is 12.5. The Kier molecular flexibility index (Phi) is 4.02. The zero-order valence-electron chi connectivity index (χ0n) is 12.5. The van der Waals surface area contributed by atoms with Crippen LogP contribution in [0.2, 0.25) is 0 Å². The quantitative estimate of drug-likeness (QED) is 0.844. The lowest BCUT2D eigenvalue weighted by atomic mass is 9.88. The molecule has 0 amide bonds. The van der Waals surface area contributed by atoms with E-state index in [2.05, 4.69) is 48.4 Å². The van der Waals surface area contributed by atoms with Gasteiger partial charge in [-0.05, 0) is 54.7 Å². The molecule has 1 N–H and O–H groups in total. The summed E-state index contributed by atoms with van der Waals surface area (Å²) in [5.41, 5.74) is 1.44. The fraction of sp³-hybridized carbons (Fsp3) is 0.500. The fourth-order valence-corrected chi connectivity index (χ4v) is 3.19. The van der Waals surface area contributed by atoms with Gasteiger partial charge in [-0.15, -0.1) is 0 Å². The summed E-state index contributed by atoms with van der Waals surface area (Å²) in [5.74, 6) is 1.61. The van der Waals surface area contributed by atoms with Crippen molar-refractivity contribution in [3.05, 3.63) is 42.2 Å². The van der Waals surface area contributed by atoms with Gasteiger partial charge in [0.05, 0.1) is 0 Å². The number of hydrogen-bond donors (Lipinski definition) is 1. The average Bonchev–Trinajstić information content (AvgIpc) is 3.32. The van der Waals surface area contributed by atoms with E-state index >= 15 is 0 Å². The number of nitrogens with zero attached hydrogens (tertiary/aromatic N) is 1. The Morgan fingerprint density at radius 2 is 2.15 bits per heavy atom.